The smallest absolute Gasteiger partial charge is 0.248 e. The minimum atomic E-state index is -0.164. The van der Waals surface area contributed by atoms with Crippen LogP contribution in [0.15, 0.2) is 61.2 Å². The van der Waals surface area contributed by atoms with E-state index < -0.39 is 0 Å². The van der Waals surface area contributed by atoms with Crippen molar-refractivity contribution in [3.05, 3.63) is 66.8 Å². The summed E-state index contributed by atoms with van der Waals surface area (Å²) in [5, 5.41) is 15.6. The molecule has 0 saturated heterocycles. The van der Waals surface area contributed by atoms with Gasteiger partial charge in [0.25, 0.3) is 0 Å². The molecule has 1 aromatic carbocycles. The first-order valence-electron chi connectivity index (χ1n) is 10.1. The van der Waals surface area contributed by atoms with E-state index in [-0.39, 0.29) is 5.91 Å². The van der Waals surface area contributed by atoms with Crippen LogP contribution in [-0.2, 0) is 22.6 Å². The molecule has 0 bridgehead atoms. The highest BCUT2D eigenvalue weighted by molar-refractivity contribution is 5.99. The lowest BCUT2D eigenvalue weighted by Crippen LogP contribution is -2.09. The molecule has 0 radical (unpaired) electrons. The molecule has 1 amide bonds. The molecule has 32 heavy (non-hydrogen) atoms. The van der Waals surface area contributed by atoms with Gasteiger partial charge in [-0.3, -0.25) is 9.48 Å². The van der Waals surface area contributed by atoms with Crippen LogP contribution >= 0.6 is 0 Å². The van der Waals surface area contributed by atoms with Gasteiger partial charge < -0.3 is 15.4 Å². The summed E-state index contributed by atoms with van der Waals surface area (Å²) in [6.07, 6.45) is 10.2. The van der Waals surface area contributed by atoms with Crippen LogP contribution in [0.4, 0.5) is 17.3 Å². The predicted octanol–water partition coefficient (Wildman–Crippen LogP) is 2.98. The highest BCUT2D eigenvalue weighted by atomic mass is 16.5. The molecule has 10 nitrogen and oxygen atoms in total. The Morgan fingerprint density at radius 2 is 2.09 bits per heavy atom. The van der Waals surface area contributed by atoms with Crippen LogP contribution in [0.5, 0.6) is 0 Å². The van der Waals surface area contributed by atoms with E-state index in [9.17, 15) is 4.79 Å². The third-order valence-corrected chi connectivity index (χ3v) is 4.64. The number of benzene rings is 1. The van der Waals surface area contributed by atoms with Crippen molar-refractivity contribution in [1.29, 1.82) is 0 Å². The molecule has 4 aromatic rings. The third-order valence-electron chi connectivity index (χ3n) is 4.64. The Kier molecular flexibility index (Phi) is 6.52. The van der Waals surface area contributed by atoms with Crippen molar-refractivity contribution in [2.24, 2.45) is 0 Å². The van der Waals surface area contributed by atoms with Crippen LogP contribution in [0, 0.1) is 0 Å². The maximum atomic E-state index is 11.8. The van der Waals surface area contributed by atoms with Crippen LogP contribution in [0.3, 0.4) is 0 Å². The van der Waals surface area contributed by atoms with Crippen LogP contribution < -0.4 is 10.6 Å². The second-order valence-electron chi connectivity index (χ2n) is 7.07. The number of aromatic nitrogens is 6. The Balaban J connectivity index is 1.51. The molecule has 0 fully saturated rings. The maximum absolute atomic E-state index is 11.8. The van der Waals surface area contributed by atoms with E-state index in [2.05, 4.69) is 30.8 Å². The molecule has 0 spiro atoms. The summed E-state index contributed by atoms with van der Waals surface area (Å²) < 4.78 is 8.66. The number of hydrogen-bond acceptors (Lipinski definition) is 7. The molecule has 0 unspecified atom stereocenters. The number of amides is 1. The molecule has 0 saturated carbocycles. The van der Waals surface area contributed by atoms with Gasteiger partial charge in [0.05, 0.1) is 43.2 Å². The molecule has 164 valence electrons. The van der Waals surface area contributed by atoms with E-state index in [0.717, 1.165) is 22.3 Å². The highest BCUT2D eigenvalue weighted by Crippen LogP contribution is 2.18. The van der Waals surface area contributed by atoms with Gasteiger partial charge in [0.15, 0.2) is 5.65 Å². The number of ether oxygens (including phenoxy) is 1. The first-order valence-corrected chi connectivity index (χ1v) is 10.1. The van der Waals surface area contributed by atoms with E-state index in [4.69, 9.17) is 4.74 Å². The first kappa shape index (κ1) is 21.2. The summed E-state index contributed by atoms with van der Waals surface area (Å²) in [4.78, 5) is 20.8. The van der Waals surface area contributed by atoms with Gasteiger partial charge in [-0.15, -0.1) is 0 Å². The number of rotatable bonds is 9. The van der Waals surface area contributed by atoms with E-state index in [1.165, 1.54) is 6.08 Å². The molecule has 3 heterocycles. The summed E-state index contributed by atoms with van der Waals surface area (Å²) in [6.45, 7) is 3.56. The summed E-state index contributed by atoms with van der Waals surface area (Å²) in [5.41, 5.74) is 3.21. The topological polar surface area (TPSA) is 112 Å². The van der Waals surface area contributed by atoms with Crippen molar-refractivity contribution in [2.45, 2.75) is 20.0 Å². The lowest BCUT2D eigenvalue weighted by Gasteiger charge is -2.08. The van der Waals surface area contributed by atoms with Gasteiger partial charge >= 0.3 is 0 Å². The standard InChI is InChI=1S/C22H24N8O2/c1-3-5-20(31)26-18-7-4-6-16(10-18)14-30-21-17(12-25-30)11-23-22(28-21)27-19-13-24-29(15-19)8-9-32-2/h3-7,10-13,15H,8-9,14H2,1-2H3,(H,26,31)(H,23,27,28). The van der Waals surface area contributed by atoms with E-state index in [1.807, 2.05) is 30.5 Å². The quantitative estimate of drug-likeness (QED) is 0.391. The molecule has 10 heteroatoms. The SMILES string of the molecule is CC=CC(=O)Nc1cccc(Cn2ncc3cnc(Nc4cnn(CCOC)c4)nc32)c1. The zero-order valence-corrected chi connectivity index (χ0v) is 17.9. The number of carbonyl (C=O) groups excluding carboxylic acids is 1. The number of methoxy groups -OCH3 is 1. The average Bonchev–Trinajstić information content (AvgIpc) is 3.39. The molecule has 0 aliphatic rings. The average molecular weight is 432 g/mol. The molecular formula is C22H24N8O2. The molecule has 4 rings (SSSR count). The largest absolute Gasteiger partial charge is 0.383 e. The minimum Gasteiger partial charge on any atom is -0.383 e. The number of anilines is 3. The van der Waals surface area contributed by atoms with E-state index in [0.29, 0.717) is 31.3 Å². The van der Waals surface area contributed by atoms with Gasteiger partial charge in [-0.2, -0.15) is 15.2 Å². The van der Waals surface area contributed by atoms with Crippen molar-refractivity contribution < 1.29 is 9.53 Å². The van der Waals surface area contributed by atoms with Gasteiger partial charge in [-0.25, -0.2) is 9.67 Å². The number of carbonyl (C=O) groups is 1. The van der Waals surface area contributed by atoms with Crippen molar-refractivity contribution in [3.8, 4) is 0 Å². The van der Waals surface area contributed by atoms with Crippen molar-refractivity contribution in [1.82, 2.24) is 29.5 Å². The second-order valence-corrected chi connectivity index (χ2v) is 7.07. The van der Waals surface area contributed by atoms with Crippen molar-refractivity contribution >= 4 is 34.3 Å². The summed E-state index contributed by atoms with van der Waals surface area (Å²) in [5.74, 6) is 0.293. The summed E-state index contributed by atoms with van der Waals surface area (Å²) in [6, 6.07) is 7.65. The molecule has 2 N–H and O–H groups in total. The Bertz CT molecular complexity index is 1240. The fraction of sp³-hybridized carbons (Fsp3) is 0.227. The molecule has 0 aliphatic heterocycles. The number of hydrogen-bond donors (Lipinski definition) is 2. The van der Waals surface area contributed by atoms with Gasteiger partial charge in [-0.1, -0.05) is 18.2 Å². The Hall–Kier alpha value is -4.05. The number of nitrogens with one attached hydrogen (secondary N) is 2. The molecule has 0 aliphatic carbocycles. The number of allylic oxidation sites excluding steroid dienone is 1. The zero-order chi connectivity index (χ0) is 22.3. The normalized spacial score (nSPS) is 11.3. The first-order chi connectivity index (χ1) is 15.6. The summed E-state index contributed by atoms with van der Waals surface area (Å²) in [7, 11) is 1.66. The second kappa shape index (κ2) is 9.84. The van der Waals surface area contributed by atoms with Gasteiger partial charge in [-0.05, 0) is 30.7 Å². The molecular weight excluding hydrogens is 408 g/mol. The Labute approximate surface area is 184 Å². The molecule has 0 atom stereocenters. The third kappa shape index (κ3) is 5.16. The van der Waals surface area contributed by atoms with E-state index in [1.54, 1.807) is 48.1 Å². The van der Waals surface area contributed by atoms with Gasteiger partial charge in [0.1, 0.15) is 0 Å². The van der Waals surface area contributed by atoms with Crippen LogP contribution in [0.25, 0.3) is 11.0 Å². The predicted molar refractivity (Wildman–Crippen MR) is 122 cm³/mol. The highest BCUT2D eigenvalue weighted by Gasteiger charge is 2.09. The van der Waals surface area contributed by atoms with Crippen LogP contribution in [0.2, 0.25) is 0 Å². The zero-order valence-electron chi connectivity index (χ0n) is 17.9. The van der Waals surface area contributed by atoms with E-state index >= 15 is 0 Å². The fourth-order valence-electron chi connectivity index (χ4n) is 3.16. The van der Waals surface area contributed by atoms with Crippen LogP contribution in [-0.4, -0.2) is 49.2 Å². The maximum Gasteiger partial charge on any atom is 0.248 e. The lowest BCUT2D eigenvalue weighted by atomic mass is 10.2. The van der Waals surface area contributed by atoms with Gasteiger partial charge in [0.2, 0.25) is 11.9 Å². The monoisotopic (exact) mass is 432 g/mol. The van der Waals surface area contributed by atoms with Gasteiger partial charge in [0, 0.05) is 25.2 Å². The number of nitrogens with zero attached hydrogens (tertiary/aromatic N) is 6. The van der Waals surface area contributed by atoms with Crippen molar-refractivity contribution in [3.63, 3.8) is 0 Å². The Morgan fingerprint density at radius 1 is 1.19 bits per heavy atom. The minimum absolute atomic E-state index is 0.164. The molecule has 3 aromatic heterocycles. The lowest BCUT2D eigenvalue weighted by molar-refractivity contribution is -0.111. The Morgan fingerprint density at radius 3 is 2.94 bits per heavy atom. The number of fused-ring (bicyclic) bond motifs is 1. The fourth-order valence-corrected chi connectivity index (χ4v) is 3.16. The summed E-state index contributed by atoms with van der Waals surface area (Å²) >= 11 is 0. The van der Waals surface area contributed by atoms with Crippen LogP contribution in [0.1, 0.15) is 12.5 Å². The van der Waals surface area contributed by atoms with Crippen molar-refractivity contribution in [2.75, 3.05) is 24.4 Å².